The number of hydrogen-bond donors (Lipinski definition) is 1. The predicted octanol–water partition coefficient (Wildman–Crippen LogP) is 5.62. The molecule has 8 atom stereocenters. The van der Waals surface area contributed by atoms with Gasteiger partial charge in [0, 0.05) is 5.92 Å². The first-order valence-electron chi connectivity index (χ1n) is 11.3. The van der Waals surface area contributed by atoms with Crippen LogP contribution in [0.15, 0.2) is 0 Å². The van der Waals surface area contributed by atoms with Crippen molar-refractivity contribution in [2.45, 2.75) is 98.0 Å². The molecule has 4 fully saturated rings. The second kappa shape index (κ2) is 6.06. The highest BCUT2D eigenvalue weighted by molar-refractivity contribution is 5.79. The van der Waals surface area contributed by atoms with Crippen molar-refractivity contribution in [2.24, 2.45) is 46.3 Å². The second-order valence-electron chi connectivity index (χ2n) is 11.4. The quantitative estimate of drug-likeness (QED) is 0.694. The number of fused-ring (bicyclic) bond motifs is 5. The minimum atomic E-state index is -0.444. The molecule has 2 nitrogen and oxygen atoms in total. The van der Waals surface area contributed by atoms with Gasteiger partial charge in [0.1, 0.15) is 5.78 Å². The Kier molecular flexibility index (Phi) is 4.42. The number of ketones is 1. The van der Waals surface area contributed by atoms with Gasteiger partial charge in [0.05, 0.1) is 5.60 Å². The first-order valence-corrected chi connectivity index (χ1v) is 11.3. The van der Waals surface area contributed by atoms with Gasteiger partial charge in [-0.15, -0.1) is 0 Å². The maximum atomic E-state index is 12.5. The Bertz CT molecular complexity index is 579. The van der Waals surface area contributed by atoms with Crippen LogP contribution in [0.3, 0.4) is 0 Å². The number of hydrogen-bond acceptors (Lipinski definition) is 2. The lowest BCUT2D eigenvalue weighted by Gasteiger charge is -2.63. The van der Waals surface area contributed by atoms with E-state index in [4.69, 9.17) is 0 Å². The molecule has 0 heterocycles. The standard InChI is InChI=1S/C24H40O2/c1-15(2)24-11-10-20-18(21(24)9-8-19(24)16(3)25)7-6-17-14-22(4,26)12-13-23(17,20)5/h15,17-21,26H,6-14H2,1-5H3/t17-,18+,19+,20-,21-,22+,23-,24-/m0/s1. The van der Waals surface area contributed by atoms with Gasteiger partial charge in [-0.05, 0) is 112 Å². The number of aliphatic hydroxyl groups is 1. The average Bonchev–Trinajstić information content (AvgIpc) is 2.96. The van der Waals surface area contributed by atoms with E-state index in [1.807, 2.05) is 6.92 Å². The van der Waals surface area contributed by atoms with Crippen molar-refractivity contribution in [2.75, 3.05) is 0 Å². The van der Waals surface area contributed by atoms with E-state index in [9.17, 15) is 9.90 Å². The van der Waals surface area contributed by atoms with E-state index in [1.54, 1.807) is 0 Å². The fourth-order valence-electron chi connectivity index (χ4n) is 8.86. The lowest BCUT2D eigenvalue weighted by Crippen LogP contribution is -2.57. The van der Waals surface area contributed by atoms with E-state index in [2.05, 4.69) is 27.7 Å². The van der Waals surface area contributed by atoms with E-state index >= 15 is 0 Å². The van der Waals surface area contributed by atoms with Crippen LogP contribution in [0.25, 0.3) is 0 Å². The van der Waals surface area contributed by atoms with Crippen LogP contribution in [0.5, 0.6) is 0 Å². The van der Waals surface area contributed by atoms with Gasteiger partial charge < -0.3 is 5.11 Å². The average molecular weight is 361 g/mol. The summed E-state index contributed by atoms with van der Waals surface area (Å²) >= 11 is 0. The summed E-state index contributed by atoms with van der Waals surface area (Å²) in [6.07, 6.45) is 10.8. The molecular formula is C24H40O2. The third-order valence-electron chi connectivity index (χ3n) is 10.1. The first-order chi connectivity index (χ1) is 12.1. The van der Waals surface area contributed by atoms with Gasteiger partial charge in [-0.1, -0.05) is 20.8 Å². The maximum absolute atomic E-state index is 12.5. The smallest absolute Gasteiger partial charge is 0.133 e. The van der Waals surface area contributed by atoms with E-state index in [1.165, 1.54) is 38.5 Å². The molecule has 0 radical (unpaired) electrons. The monoisotopic (exact) mass is 360 g/mol. The van der Waals surface area contributed by atoms with Crippen LogP contribution in [-0.2, 0) is 4.79 Å². The summed E-state index contributed by atoms with van der Waals surface area (Å²) in [5, 5.41) is 10.6. The molecule has 0 spiro atoms. The SMILES string of the molecule is CC(=O)[C@H]1CC[C@H]2[C@@H]3CC[C@H]4C[C@](C)(O)CC[C@]4(C)[C@H]3CC[C@]12C(C)C. The summed E-state index contributed by atoms with van der Waals surface area (Å²) in [5.41, 5.74) is 0.249. The number of carbonyl (C=O) groups is 1. The van der Waals surface area contributed by atoms with E-state index in [0.29, 0.717) is 29.0 Å². The van der Waals surface area contributed by atoms with Crippen LogP contribution in [0.2, 0.25) is 0 Å². The molecule has 4 aliphatic carbocycles. The molecule has 0 aromatic carbocycles. The van der Waals surface area contributed by atoms with Gasteiger partial charge in [-0.25, -0.2) is 0 Å². The van der Waals surface area contributed by atoms with Crippen molar-refractivity contribution in [1.29, 1.82) is 0 Å². The lowest BCUT2D eigenvalue weighted by atomic mass is 9.42. The molecule has 0 aromatic rings. The van der Waals surface area contributed by atoms with Crippen LogP contribution < -0.4 is 0 Å². The van der Waals surface area contributed by atoms with Gasteiger partial charge in [0.15, 0.2) is 0 Å². The Hall–Kier alpha value is -0.370. The summed E-state index contributed by atoms with van der Waals surface area (Å²) in [7, 11) is 0. The molecule has 0 bridgehead atoms. The summed E-state index contributed by atoms with van der Waals surface area (Å²) in [6.45, 7) is 11.2. The van der Waals surface area contributed by atoms with Crippen molar-refractivity contribution >= 4 is 5.78 Å². The van der Waals surface area contributed by atoms with Crippen LogP contribution in [0.4, 0.5) is 0 Å². The topological polar surface area (TPSA) is 37.3 Å². The molecule has 26 heavy (non-hydrogen) atoms. The van der Waals surface area contributed by atoms with Crippen LogP contribution in [-0.4, -0.2) is 16.5 Å². The summed E-state index contributed by atoms with van der Waals surface area (Å²) in [6, 6.07) is 0. The van der Waals surface area contributed by atoms with E-state index in [0.717, 1.165) is 37.0 Å². The van der Waals surface area contributed by atoms with Crippen molar-refractivity contribution in [3.05, 3.63) is 0 Å². The summed E-state index contributed by atoms with van der Waals surface area (Å²) < 4.78 is 0. The molecular weight excluding hydrogens is 320 g/mol. The molecule has 0 saturated heterocycles. The molecule has 4 rings (SSSR count). The molecule has 0 unspecified atom stereocenters. The number of carbonyl (C=O) groups excluding carboxylic acids is 1. The molecule has 148 valence electrons. The minimum Gasteiger partial charge on any atom is -0.390 e. The second-order valence-corrected chi connectivity index (χ2v) is 11.4. The Balaban J connectivity index is 1.65. The minimum absolute atomic E-state index is 0.274. The van der Waals surface area contributed by atoms with Gasteiger partial charge >= 0.3 is 0 Å². The number of Topliss-reactive ketones (excluding diaryl/α,β-unsaturated/α-hetero) is 1. The maximum Gasteiger partial charge on any atom is 0.133 e. The van der Waals surface area contributed by atoms with Crippen LogP contribution >= 0.6 is 0 Å². The van der Waals surface area contributed by atoms with Crippen molar-refractivity contribution in [1.82, 2.24) is 0 Å². The molecule has 2 heteroatoms. The van der Waals surface area contributed by atoms with Crippen molar-refractivity contribution in [3.8, 4) is 0 Å². The van der Waals surface area contributed by atoms with Crippen molar-refractivity contribution < 1.29 is 9.90 Å². The van der Waals surface area contributed by atoms with E-state index in [-0.39, 0.29) is 5.41 Å². The Labute approximate surface area is 160 Å². The fourth-order valence-corrected chi connectivity index (χ4v) is 8.86. The van der Waals surface area contributed by atoms with Crippen molar-refractivity contribution in [3.63, 3.8) is 0 Å². The molecule has 0 amide bonds. The van der Waals surface area contributed by atoms with Gasteiger partial charge in [-0.2, -0.15) is 0 Å². The molecule has 1 N–H and O–H groups in total. The highest BCUT2D eigenvalue weighted by Crippen LogP contribution is 2.69. The predicted molar refractivity (Wildman–Crippen MR) is 106 cm³/mol. The van der Waals surface area contributed by atoms with Gasteiger partial charge in [0.2, 0.25) is 0 Å². The zero-order valence-corrected chi connectivity index (χ0v) is 17.7. The normalized spacial score (nSPS) is 53.7. The molecule has 0 aliphatic heterocycles. The van der Waals surface area contributed by atoms with E-state index < -0.39 is 5.60 Å². The molecule has 0 aromatic heterocycles. The fraction of sp³-hybridized carbons (Fsp3) is 0.958. The van der Waals surface area contributed by atoms with Gasteiger partial charge in [0.25, 0.3) is 0 Å². The molecule has 4 aliphatic rings. The third-order valence-corrected chi connectivity index (χ3v) is 10.1. The summed E-state index contributed by atoms with van der Waals surface area (Å²) in [4.78, 5) is 12.5. The van der Waals surface area contributed by atoms with Crippen LogP contribution in [0, 0.1) is 46.3 Å². The summed E-state index contributed by atoms with van der Waals surface area (Å²) in [5.74, 6) is 4.47. The Morgan fingerprint density at radius 1 is 0.962 bits per heavy atom. The van der Waals surface area contributed by atoms with Gasteiger partial charge in [-0.3, -0.25) is 4.79 Å². The highest BCUT2D eigenvalue weighted by Gasteiger charge is 2.63. The Morgan fingerprint density at radius 2 is 1.69 bits per heavy atom. The van der Waals surface area contributed by atoms with Crippen LogP contribution in [0.1, 0.15) is 92.4 Å². The number of rotatable bonds is 2. The Morgan fingerprint density at radius 3 is 2.35 bits per heavy atom. The highest BCUT2D eigenvalue weighted by atomic mass is 16.3. The molecule has 4 saturated carbocycles. The largest absolute Gasteiger partial charge is 0.390 e. The third kappa shape index (κ3) is 2.50. The zero-order valence-electron chi connectivity index (χ0n) is 17.7. The lowest BCUT2D eigenvalue weighted by molar-refractivity contribution is -0.160. The zero-order chi connectivity index (χ0) is 18.9. The first kappa shape index (κ1) is 19.0.